The molecule has 36 heavy (non-hydrogen) atoms. The first-order valence-corrected chi connectivity index (χ1v) is 10.6. The van der Waals surface area contributed by atoms with Gasteiger partial charge in [-0.3, -0.25) is 0 Å². The van der Waals surface area contributed by atoms with E-state index in [0.29, 0.717) is 50.8 Å². The van der Waals surface area contributed by atoms with Gasteiger partial charge in [0.1, 0.15) is 0 Å². The normalized spacial score (nSPS) is 10.9. The quantitative estimate of drug-likeness (QED) is 0.263. The van der Waals surface area contributed by atoms with Crippen LogP contribution in [0.15, 0.2) is 122 Å². The van der Waals surface area contributed by atoms with Crippen molar-refractivity contribution in [2.45, 2.75) is 0 Å². The second-order valence-corrected chi connectivity index (χ2v) is 7.28. The molecule has 0 aromatic heterocycles. The lowest BCUT2D eigenvalue weighted by Crippen LogP contribution is -1.73. The maximum Gasteiger partial charge on any atom is 0.0991 e. The highest BCUT2D eigenvalue weighted by Gasteiger charge is 2.02. The SMILES string of the molecule is N#Cc1ccc(N=Nc2cc(N=Nc3ccc(C#N)cc3)cc(N=Nc3ccc(C#N)cc3)c2)cc1. The molecule has 0 aliphatic carbocycles. The van der Waals surface area contributed by atoms with E-state index >= 15 is 0 Å². The van der Waals surface area contributed by atoms with E-state index in [0.717, 1.165) is 0 Å². The van der Waals surface area contributed by atoms with Crippen molar-refractivity contribution in [2.24, 2.45) is 30.7 Å². The third-order valence-electron chi connectivity index (χ3n) is 4.72. The van der Waals surface area contributed by atoms with Crippen LogP contribution in [0.25, 0.3) is 0 Å². The Bertz CT molecular complexity index is 1370. The third-order valence-corrected chi connectivity index (χ3v) is 4.72. The summed E-state index contributed by atoms with van der Waals surface area (Å²) < 4.78 is 0. The molecule has 0 bridgehead atoms. The molecule has 0 unspecified atom stereocenters. The average Bonchev–Trinajstić information content (AvgIpc) is 2.94. The van der Waals surface area contributed by atoms with Crippen molar-refractivity contribution >= 4 is 34.1 Å². The minimum Gasteiger partial charge on any atom is -0.192 e. The molecule has 0 spiro atoms. The standard InChI is InChI=1S/C27H15N9/c28-16-19-1-7-22(8-2-19)31-34-25-13-26(35-32-23-9-3-20(17-29)4-10-23)15-27(14-25)36-33-24-11-5-21(18-30)6-12-24/h1-15H. The zero-order valence-corrected chi connectivity index (χ0v) is 18.7. The van der Waals surface area contributed by atoms with Crippen LogP contribution in [0, 0.1) is 34.0 Å². The van der Waals surface area contributed by atoms with Gasteiger partial charge < -0.3 is 0 Å². The summed E-state index contributed by atoms with van der Waals surface area (Å²) in [5.41, 5.74) is 4.77. The molecule has 4 aromatic rings. The van der Waals surface area contributed by atoms with Crippen LogP contribution in [-0.4, -0.2) is 0 Å². The van der Waals surface area contributed by atoms with Gasteiger partial charge in [0, 0.05) is 0 Å². The molecule has 168 valence electrons. The summed E-state index contributed by atoms with van der Waals surface area (Å²) in [6.07, 6.45) is 0. The molecule has 0 amide bonds. The predicted octanol–water partition coefficient (Wildman–Crippen LogP) is 8.55. The molecule has 0 radical (unpaired) electrons. The first-order chi connectivity index (χ1) is 17.6. The molecule has 0 N–H and O–H groups in total. The molecule has 0 heterocycles. The fraction of sp³-hybridized carbons (Fsp3) is 0. The van der Waals surface area contributed by atoms with Gasteiger partial charge in [-0.2, -0.15) is 46.5 Å². The monoisotopic (exact) mass is 465 g/mol. The predicted molar refractivity (Wildman–Crippen MR) is 132 cm³/mol. The van der Waals surface area contributed by atoms with E-state index < -0.39 is 0 Å². The number of hydrogen-bond donors (Lipinski definition) is 0. The third kappa shape index (κ3) is 6.35. The molecular weight excluding hydrogens is 450 g/mol. The number of azo groups is 3. The smallest absolute Gasteiger partial charge is 0.0991 e. The Hall–Kier alpha value is -5.85. The Labute approximate surface area is 206 Å². The van der Waals surface area contributed by atoms with Gasteiger partial charge in [-0.1, -0.05) is 0 Å². The van der Waals surface area contributed by atoms with Gasteiger partial charge in [0.2, 0.25) is 0 Å². The number of nitriles is 3. The van der Waals surface area contributed by atoms with Crippen LogP contribution >= 0.6 is 0 Å². The van der Waals surface area contributed by atoms with E-state index in [4.69, 9.17) is 15.8 Å². The lowest BCUT2D eigenvalue weighted by Gasteiger charge is -2.00. The van der Waals surface area contributed by atoms with E-state index in [1.54, 1.807) is 91.0 Å². The maximum atomic E-state index is 8.94. The first-order valence-electron chi connectivity index (χ1n) is 10.6. The van der Waals surface area contributed by atoms with Crippen molar-refractivity contribution < 1.29 is 0 Å². The minimum atomic E-state index is 0.476. The van der Waals surface area contributed by atoms with Gasteiger partial charge in [-0.25, -0.2) is 0 Å². The summed E-state index contributed by atoms with van der Waals surface area (Å²) in [7, 11) is 0. The number of rotatable bonds is 6. The van der Waals surface area contributed by atoms with Crippen LogP contribution in [0.1, 0.15) is 16.7 Å². The van der Waals surface area contributed by atoms with Crippen molar-refractivity contribution in [1.29, 1.82) is 15.8 Å². The molecule has 4 rings (SSSR count). The maximum absolute atomic E-state index is 8.94. The number of hydrogen-bond acceptors (Lipinski definition) is 9. The summed E-state index contributed by atoms with van der Waals surface area (Å²) in [4.78, 5) is 0. The molecule has 0 saturated carbocycles. The van der Waals surface area contributed by atoms with E-state index in [-0.39, 0.29) is 0 Å². The van der Waals surface area contributed by atoms with Crippen molar-refractivity contribution in [1.82, 2.24) is 0 Å². The van der Waals surface area contributed by atoms with Crippen LogP contribution in [0.5, 0.6) is 0 Å². The lowest BCUT2D eigenvalue weighted by molar-refractivity contribution is 1.18. The van der Waals surface area contributed by atoms with E-state index in [2.05, 4.69) is 48.9 Å². The van der Waals surface area contributed by atoms with Gasteiger partial charge in [0.05, 0.1) is 69.0 Å². The van der Waals surface area contributed by atoms with Crippen molar-refractivity contribution in [3.8, 4) is 18.2 Å². The van der Waals surface area contributed by atoms with Crippen molar-refractivity contribution in [2.75, 3.05) is 0 Å². The Morgan fingerprint density at radius 1 is 0.333 bits per heavy atom. The highest BCUT2D eigenvalue weighted by molar-refractivity contribution is 5.61. The summed E-state index contributed by atoms with van der Waals surface area (Å²) in [6.45, 7) is 0. The van der Waals surface area contributed by atoms with E-state index in [1.165, 1.54) is 0 Å². The number of benzene rings is 4. The second kappa shape index (κ2) is 11.3. The average molecular weight is 465 g/mol. The summed E-state index contributed by atoms with van der Waals surface area (Å²) in [6, 6.07) is 31.4. The van der Waals surface area contributed by atoms with E-state index in [9.17, 15) is 0 Å². The highest BCUT2D eigenvalue weighted by atomic mass is 15.1. The Morgan fingerprint density at radius 2 is 0.556 bits per heavy atom. The topological polar surface area (TPSA) is 146 Å². The fourth-order valence-electron chi connectivity index (χ4n) is 2.91. The molecule has 0 atom stereocenters. The Kier molecular flexibility index (Phi) is 7.34. The van der Waals surface area contributed by atoms with Crippen LogP contribution in [0.2, 0.25) is 0 Å². The van der Waals surface area contributed by atoms with Gasteiger partial charge in [0.25, 0.3) is 0 Å². The first kappa shape index (κ1) is 23.3. The summed E-state index contributed by atoms with van der Waals surface area (Å²) in [5, 5.41) is 52.3. The Balaban J connectivity index is 1.64. The zero-order valence-electron chi connectivity index (χ0n) is 18.7. The van der Waals surface area contributed by atoms with Crippen LogP contribution < -0.4 is 0 Å². The molecule has 0 aliphatic heterocycles. The fourth-order valence-corrected chi connectivity index (χ4v) is 2.91. The van der Waals surface area contributed by atoms with Crippen LogP contribution in [0.3, 0.4) is 0 Å². The molecule has 9 heteroatoms. The molecule has 0 saturated heterocycles. The van der Waals surface area contributed by atoms with Gasteiger partial charge in [0.15, 0.2) is 0 Å². The van der Waals surface area contributed by atoms with Crippen LogP contribution in [-0.2, 0) is 0 Å². The van der Waals surface area contributed by atoms with Gasteiger partial charge in [-0.15, -0.1) is 0 Å². The zero-order chi connectivity index (χ0) is 25.2. The van der Waals surface area contributed by atoms with Crippen molar-refractivity contribution in [3.05, 3.63) is 108 Å². The van der Waals surface area contributed by atoms with E-state index in [1.807, 2.05) is 0 Å². The molecular formula is C27H15N9. The van der Waals surface area contributed by atoms with Crippen molar-refractivity contribution in [3.63, 3.8) is 0 Å². The highest BCUT2D eigenvalue weighted by Crippen LogP contribution is 2.32. The molecule has 4 aromatic carbocycles. The molecule has 0 fully saturated rings. The molecule has 0 aliphatic rings. The largest absolute Gasteiger partial charge is 0.192 e. The van der Waals surface area contributed by atoms with Crippen LogP contribution in [0.4, 0.5) is 34.1 Å². The second-order valence-electron chi connectivity index (χ2n) is 7.28. The summed E-state index contributed by atoms with van der Waals surface area (Å²) >= 11 is 0. The van der Waals surface area contributed by atoms with Gasteiger partial charge in [-0.05, 0) is 91.0 Å². The Morgan fingerprint density at radius 3 is 0.778 bits per heavy atom. The number of nitrogens with zero attached hydrogens (tertiary/aromatic N) is 9. The summed E-state index contributed by atoms with van der Waals surface area (Å²) in [5.74, 6) is 0. The molecule has 9 nitrogen and oxygen atoms in total. The minimum absolute atomic E-state index is 0.476. The lowest BCUT2D eigenvalue weighted by atomic mass is 10.2. The van der Waals surface area contributed by atoms with Gasteiger partial charge >= 0.3 is 0 Å².